The monoisotopic (exact) mass is 337 g/mol. The van der Waals surface area contributed by atoms with Gasteiger partial charge in [-0.25, -0.2) is 0 Å². The van der Waals surface area contributed by atoms with Crippen molar-refractivity contribution in [1.29, 1.82) is 0 Å². The summed E-state index contributed by atoms with van der Waals surface area (Å²) in [5, 5.41) is 3.86. The molecule has 0 saturated carbocycles. The second-order valence-corrected chi connectivity index (χ2v) is 6.13. The summed E-state index contributed by atoms with van der Waals surface area (Å²) in [5.41, 5.74) is 1.22. The lowest BCUT2D eigenvalue weighted by Gasteiger charge is -2.12. The van der Waals surface area contributed by atoms with Gasteiger partial charge in [-0.3, -0.25) is 19.3 Å². The lowest BCUT2D eigenvalue weighted by Crippen LogP contribution is -2.37. The first-order valence-electron chi connectivity index (χ1n) is 6.58. The van der Waals surface area contributed by atoms with E-state index in [1.54, 1.807) is 24.3 Å². The number of aromatic nitrogens is 1. The lowest BCUT2D eigenvalue weighted by atomic mass is 10.2. The van der Waals surface area contributed by atoms with Crippen LogP contribution in [0.15, 0.2) is 24.3 Å². The maximum atomic E-state index is 12.1. The van der Waals surface area contributed by atoms with Crippen LogP contribution in [-0.2, 0) is 4.79 Å². The highest BCUT2D eigenvalue weighted by molar-refractivity contribution is 8.14. The van der Waals surface area contributed by atoms with Crippen molar-refractivity contribution in [2.45, 2.75) is 0 Å². The van der Waals surface area contributed by atoms with E-state index in [1.807, 2.05) is 0 Å². The van der Waals surface area contributed by atoms with Crippen LogP contribution in [0.2, 0.25) is 5.02 Å². The van der Waals surface area contributed by atoms with Gasteiger partial charge in [-0.1, -0.05) is 23.4 Å². The minimum Gasteiger partial charge on any atom is -0.351 e. The Morgan fingerprint density at radius 3 is 2.91 bits per heavy atom. The second kappa shape index (κ2) is 6.02. The highest BCUT2D eigenvalue weighted by Gasteiger charge is 2.29. The van der Waals surface area contributed by atoms with Crippen LogP contribution >= 0.6 is 23.4 Å². The molecule has 3 amide bonds. The van der Waals surface area contributed by atoms with Gasteiger partial charge in [0.15, 0.2) is 0 Å². The number of fused-ring (bicyclic) bond motifs is 1. The molecule has 0 bridgehead atoms. The van der Waals surface area contributed by atoms with Gasteiger partial charge >= 0.3 is 0 Å². The zero-order chi connectivity index (χ0) is 15.7. The molecule has 1 aliphatic heterocycles. The molecular weight excluding hydrogens is 326 g/mol. The highest BCUT2D eigenvalue weighted by Crippen LogP contribution is 2.20. The molecule has 22 heavy (non-hydrogen) atoms. The Hall–Kier alpha value is -1.99. The highest BCUT2D eigenvalue weighted by atomic mass is 35.5. The summed E-state index contributed by atoms with van der Waals surface area (Å²) in [6, 6.07) is 7.01. The number of nitrogens with zero attached hydrogens (tertiary/aromatic N) is 1. The number of amides is 3. The predicted molar refractivity (Wildman–Crippen MR) is 85.2 cm³/mol. The number of rotatable bonds is 4. The Morgan fingerprint density at radius 2 is 2.18 bits per heavy atom. The molecule has 0 spiro atoms. The van der Waals surface area contributed by atoms with E-state index in [0.29, 0.717) is 10.7 Å². The number of benzene rings is 1. The minimum atomic E-state index is -0.293. The third-order valence-electron chi connectivity index (χ3n) is 3.29. The number of carbonyl (C=O) groups excluding carboxylic acids is 3. The maximum Gasteiger partial charge on any atom is 0.288 e. The zero-order valence-corrected chi connectivity index (χ0v) is 13.0. The van der Waals surface area contributed by atoms with Crippen molar-refractivity contribution in [3.63, 3.8) is 0 Å². The van der Waals surface area contributed by atoms with Gasteiger partial charge in [0.25, 0.3) is 11.1 Å². The van der Waals surface area contributed by atoms with Crippen molar-refractivity contribution in [2.75, 3.05) is 18.8 Å². The van der Waals surface area contributed by atoms with Gasteiger partial charge in [-0.2, -0.15) is 0 Å². The van der Waals surface area contributed by atoms with Crippen molar-refractivity contribution >= 4 is 51.3 Å². The average molecular weight is 338 g/mol. The van der Waals surface area contributed by atoms with Crippen LogP contribution < -0.4 is 5.32 Å². The molecule has 0 unspecified atom stereocenters. The van der Waals surface area contributed by atoms with E-state index in [1.165, 1.54) is 0 Å². The van der Waals surface area contributed by atoms with E-state index in [-0.39, 0.29) is 35.9 Å². The van der Waals surface area contributed by atoms with Crippen LogP contribution in [0, 0.1) is 0 Å². The standard InChI is InChI=1S/C14H12ClN3O3S/c15-9-1-2-10-8(5-9)6-11(17-10)13(20)16-3-4-18-12(19)7-22-14(18)21/h1-2,5-6,17H,3-4,7H2,(H,16,20). The fourth-order valence-corrected chi connectivity index (χ4v) is 3.13. The third-order valence-corrected chi connectivity index (χ3v) is 4.38. The number of imide groups is 1. The lowest BCUT2D eigenvalue weighted by molar-refractivity contribution is -0.124. The number of aromatic amines is 1. The number of halogens is 1. The Labute approximate surface area is 135 Å². The van der Waals surface area contributed by atoms with Crippen molar-refractivity contribution in [1.82, 2.24) is 15.2 Å². The summed E-state index contributed by atoms with van der Waals surface area (Å²) in [6.07, 6.45) is 0. The molecule has 114 valence electrons. The van der Waals surface area contributed by atoms with E-state index in [9.17, 15) is 14.4 Å². The first kappa shape index (κ1) is 14.9. The smallest absolute Gasteiger partial charge is 0.288 e. The van der Waals surface area contributed by atoms with E-state index >= 15 is 0 Å². The van der Waals surface area contributed by atoms with Crippen molar-refractivity contribution < 1.29 is 14.4 Å². The fraction of sp³-hybridized carbons (Fsp3) is 0.214. The molecular formula is C14H12ClN3O3S. The van der Waals surface area contributed by atoms with Gasteiger partial charge < -0.3 is 10.3 Å². The number of hydrogen-bond acceptors (Lipinski definition) is 4. The predicted octanol–water partition coefficient (Wildman–Crippen LogP) is 2.25. The Balaban J connectivity index is 1.61. The molecule has 0 atom stereocenters. The summed E-state index contributed by atoms with van der Waals surface area (Å²) in [7, 11) is 0. The van der Waals surface area contributed by atoms with Gasteiger partial charge in [0.1, 0.15) is 5.69 Å². The summed E-state index contributed by atoms with van der Waals surface area (Å²) in [4.78, 5) is 39.1. The molecule has 2 aromatic rings. The fourth-order valence-electron chi connectivity index (χ4n) is 2.20. The van der Waals surface area contributed by atoms with Gasteiger partial charge in [0.2, 0.25) is 5.91 Å². The van der Waals surface area contributed by atoms with Crippen molar-refractivity contribution in [3.05, 3.63) is 35.0 Å². The van der Waals surface area contributed by atoms with Gasteiger partial charge in [-0.15, -0.1) is 0 Å². The Kier molecular flexibility index (Phi) is 4.08. The average Bonchev–Trinajstić information content (AvgIpc) is 3.04. The topological polar surface area (TPSA) is 82.3 Å². The molecule has 6 nitrogen and oxygen atoms in total. The van der Waals surface area contributed by atoms with E-state index in [2.05, 4.69) is 10.3 Å². The largest absolute Gasteiger partial charge is 0.351 e. The van der Waals surface area contributed by atoms with Crippen molar-refractivity contribution in [3.8, 4) is 0 Å². The van der Waals surface area contributed by atoms with Crippen LogP contribution in [0.4, 0.5) is 4.79 Å². The minimum absolute atomic E-state index is 0.176. The molecule has 8 heteroatoms. The van der Waals surface area contributed by atoms with E-state index < -0.39 is 0 Å². The first-order valence-corrected chi connectivity index (χ1v) is 7.94. The number of carbonyl (C=O) groups is 3. The van der Waals surface area contributed by atoms with Crippen LogP contribution in [0.5, 0.6) is 0 Å². The van der Waals surface area contributed by atoms with Gasteiger partial charge in [-0.05, 0) is 24.3 Å². The zero-order valence-electron chi connectivity index (χ0n) is 11.4. The van der Waals surface area contributed by atoms with Crippen LogP contribution in [0.25, 0.3) is 10.9 Å². The van der Waals surface area contributed by atoms with Crippen LogP contribution in [-0.4, -0.2) is 45.8 Å². The quantitative estimate of drug-likeness (QED) is 0.896. The Morgan fingerprint density at radius 1 is 1.36 bits per heavy atom. The molecule has 3 rings (SSSR count). The van der Waals surface area contributed by atoms with E-state index in [4.69, 9.17) is 11.6 Å². The van der Waals surface area contributed by atoms with Gasteiger partial charge in [0.05, 0.1) is 5.75 Å². The Bertz CT molecular complexity index is 758. The number of H-pyrrole nitrogens is 1. The molecule has 1 aromatic heterocycles. The molecule has 0 aliphatic carbocycles. The SMILES string of the molecule is O=C(NCCN1C(=O)CSC1=O)c1cc2cc(Cl)ccc2[nH]1. The third kappa shape index (κ3) is 2.95. The molecule has 1 saturated heterocycles. The normalized spacial score (nSPS) is 14.9. The molecule has 2 N–H and O–H groups in total. The maximum absolute atomic E-state index is 12.1. The van der Waals surface area contributed by atoms with Crippen molar-refractivity contribution in [2.24, 2.45) is 0 Å². The molecule has 0 radical (unpaired) electrons. The summed E-state index contributed by atoms with van der Waals surface area (Å²) < 4.78 is 0. The summed E-state index contributed by atoms with van der Waals surface area (Å²) in [6.45, 7) is 0.398. The molecule has 1 fully saturated rings. The van der Waals surface area contributed by atoms with Gasteiger partial charge in [0, 0.05) is 29.0 Å². The molecule has 1 aliphatic rings. The molecule has 1 aromatic carbocycles. The number of nitrogens with one attached hydrogen (secondary N) is 2. The number of hydrogen-bond donors (Lipinski definition) is 2. The van der Waals surface area contributed by atoms with Crippen LogP contribution in [0.1, 0.15) is 10.5 Å². The van der Waals surface area contributed by atoms with E-state index in [0.717, 1.165) is 27.6 Å². The second-order valence-electron chi connectivity index (χ2n) is 4.77. The van der Waals surface area contributed by atoms with Crippen LogP contribution in [0.3, 0.4) is 0 Å². The first-order chi connectivity index (χ1) is 10.5. The summed E-state index contributed by atoms with van der Waals surface area (Å²) >= 11 is 6.88. The summed E-state index contributed by atoms with van der Waals surface area (Å²) in [5.74, 6) is -0.334. The number of thioether (sulfide) groups is 1. The molecule has 2 heterocycles.